The Morgan fingerprint density at radius 2 is 2.00 bits per heavy atom. The molecule has 5 nitrogen and oxygen atoms in total. The molecular weight excluding hydrogens is 222 g/mol. The van der Waals surface area contributed by atoms with E-state index in [0.29, 0.717) is 13.0 Å². The zero-order chi connectivity index (χ0) is 12.8. The molecule has 94 valence electrons. The zero-order valence-corrected chi connectivity index (χ0v) is 11.9. The molecule has 0 heterocycles. The SMILES string of the molecule is CC(C)(C)[Si](C)(C)O[C@H](CCO)CN=[N+]=[N-]. The van der Waals surface area contributed by atoms with Crippen molar-refractivity contribution in [1.29, 1.82) is 0 Å². The summed E-state index contributed by atoms with van der Waals surface area (Å²) < 4.78 is 6.06. The van der Waals surface area contributed by atoms with E-state index in [0.717, 1.165) is 0 Å². The topological polar surface area (TPSA) is 78.2 Å². The molecule has 6 heteroatoms. The largest absolute Gasteiger partial charge is 0.414 e. The molecule has 0 aromatic rings. The van der Waals surface area contributed by atoms with Crippen molar-refractivity contribution >= 4 is 8.32 Å². The van der Waals surface area contributed by atoms with Crippen molar-refractivity contribution in [2.24, 2.45) is 5.11 Å². The lowest BCUT2D eigenvalue weighted by atomic mass is 10.2. The monoisotopic (exact) mass is 245 g/mol. The van der Waals surface area contributed by atoms with Gasteiger partial charge < -0.3 is 9.53 Å². The van der Waals surface area contributed by atoms with Crippen LogP contribution in [0.25, 0.3) is 10.4 Å². The smallest absolute Gasteiger partial charge is 0.192 e. The van der Waals surface area contributed by atoms with Crippen LogP contribution in [0.5, 0.6) is 0 Å². The highest BCUT2D eigenvalue weighted by atomic mass is 28.4. The molecule has 0 aromatic heterocycles. The Hall–Kier alpha value is -0.553. The molecule has 0 saturated carbocycles. The Morgan fingerprint density at radius 1 is 1.44 bits per heavy atom. The van der Waals surface area contributed by atoms with Gasteiger partial charge >= 0.3 is 0 Å². The van der Waals surface area contributed by atoms with Gasteiger partial charge in [-0.15, -0.1) is 0 Å². The van der Waals surface area contributed by atoms with Crippen LogP contribution < -0.4 is 0 Å². The summed E-state index contributed by atoms with van der Waals surface area (Å²) in [7, 11) is -1.85. The number of nitrogens with zero attached hydrogens (tertiary/aromatic N) is 3. The molecule has 0 unspecified atom stereocenters. The fourth-order valence-corrected chi connectivity index (χ4v) is 2.43. The minimum atomic E-state index is -1.85. The van der Waals surface area contributed by atoms with Gasteiger partial charge in [0.05, 0.1) is 12.6 Å². The first kappa shape index (κ1) is 15.4. The van der Waals surface area contributed by atoms with Crippen LogP contribution in [-0.2, 0) is 4.43 Å². The summed E-state index contributed by atoms with van der Waals surface area (Å²) in [4.78, 5) is 2.73. The standard InChI is InChI=1S/C10H23N3O2Si/c1-10(2,3)16(4,5)15-9(6-7-14)8-12-13-11/h9,14H,6-8H2,1-5H3/t9-/m1/s1. The fraction of sp³-hybridized carbons (Fsp3) is 1.00. The van der Waals surface area contributed by atoms with Gasteiger partial charge in [0.15, 0.2) is 8.32 Å². The molecule has 1 N–H and O–H groups in total. The third-order valence-electron chi connectivity index (χ3n) is 3.07. The summed E-state index contributed by atoms with van der Waals surface area (Å²) in [5, 5.41) is 12.6. The number of rotatable bonds is 6. The van der Waals surface area contributed by atoms with Crippen LogP contribution in [0.2, 0.25) is 18.1 Å². The molecule has 0 aliphatic heterocycles. The van der Waals surface area contributed by atoms with E-state index in [-0.39, 0.29) is 17.7 Å². The van der Waals surface area contributed by atoms with Crippen molar-refractivity contribution in [1.82, 2.24) is 0 Å². The molecule has 0 radical (unpaired) electrons. The van der Waals surface area contributed by atoms with Crippen molar-refractivity contribution in [3.05, 3.63) is 10.4 Å². The van der Waals surface area contributed by atoms with E-state index in [2.05, 4.69) is 43.9 Å². The Morgan fingerprint density at radius 3 is 2.38 bits per heavy atom. The maximum Gasteiger partial charge on any atom is 0.192 e. The predicted octanol–water partition coefficient (Wildman–Crippen LogP) is 3.07. The molecule has 0 saturated heterocycles. The third kappa shape index (κ3) is 4.98. The number of aliphatic hydroxyl groups excluding tert-OH is 1. The van der Waals surface area contributed by atoms with Crippen molar-refractivity contribution in [2.45, 2.75) is 51.4 Å². The summed E-state index contributed by atoms with van der Waals surface area (Å²) >= 11 is 0. The number of azide groups is 1. The van der Waals surface area contributed by atoms with Gasteiger partial charge in [-0.05, 0) is 30.1 Å². The van der Waals surface area contributed by atoms with E-state index in [1.165, 1.54) is 0 Å². The van der Waals surface area contributed by atoms with Crippen molar-refractivity contribution in [2.75, 3.05) is 13.2 Å². The van der Waals surface area contributed by atoms with E-state index in [1.807, 2.05) is 0 Å². The first-order valence-corrected chi connectivity index (χ1v) is 8.45. The molecule has 0 rings (SSSR count). The number of aliphatic hydroxyl groups is 1. The van der Waals surface area contributed by atoms with Gasteiger partial charge in [-0.25, -0.2) is 0 Å². The van der Waals surface area contributed by atoms with Gasteiger partial charge in [-0.2, -0.15) is 0 Å². The van der Waals surface area contributed by atoms with E-state index in [4.69, 9.17) is 15.1 Å². The van der Waals surface area contributed by atoms with Gasteiger partial charge in [0.25, 0.3) is 0 Å². The number of hydrogen-bond acceptors (Lipinski definition) is 3. The average Bonchev–Trinajstić information content (AvgIpc) is 2.12. The fourth-order valence-electron chi connectivity index (χ4n) is 1.05. The molecule has 0 aromatic carbocycles. The van der Waals surface area contributed by atoms with Crippen LogP contribution >= 0.6 is 0 Å². The van der Waals surface area contributed by atoms with E-state index in [1.54, 1.807) is 0 Å². The normalized spacial score (nSPS) is 14.4. The highest BCUT2D eigenvalue weighted by molar-refractivity contribution is 6.74. The first-order valence-electron chi connectivity index (χ1n) is 5.54. The third-order valence-corrected chi connectivity index (χ3v) is 7.60. The summed E-state index contributed by atoms with van der Waals surface area (Å²) in [5.74, 6) is 0. The quantitative estimate of drug-likeness (QED) is 0.338. The van der Waals surface area contributed by atoms with Gasteiger partial charge in [-0.3, -0.25) is 0 Å². The average molecular weight is 245 g/mol. The van der Waals surface area contributed by atoms with Gasteiger partial charge in [0, 0.05) is 11.5 Å². The first-order chi connectivity index (χ1) is 7.24. The lowest BCUT2D eigenvalue weighted by molar-refractivity contribution is 0.146. The molecule has 0 aliphatic rings. The highest BCUT2D eigenvalue weighted by Gasteiger charge is 2.38. The summed E-state index contributed by atoms with van der Waals surface area (Å²) in [6.07, 6.45) is 0.354. The summed E-state index contributed by atoms with van der Waals surface area (Å²) in [5.41, 5.74) is 8.29. The Bertz CT molecular complexity index is 257. The van der Waals surface area contributed by atoms with E-state index in [9.17, 15) is 0 Å². The second kappa shape index (κ2) is 6.25. The second-order valence-electron chi connectivity index (χ2n) is 5.43. The molecular formula is C10H23N3O2Si. The lowest BCUT2D eigenvalue weighted by Crippen LogP contribution is -2.44. The van der Waals surface area contributed by atoms with Crippen molar-refractivity contribution in [3.63, 3.8) is 0 Å². The molecule has 16 heavy (non-hydrogen) atoms. The molecule has 0 spiro atoms. The van der Waals surface area contributed by atoms with Crippen LogP contribution in [0.4, 0.5) is 0 Å². The van der Waals surface area contributed by atoms with Gasteiger partial charge in [0.2, 0.25) is 0 Å². The van der Waals surface area contributed by atoms with Crippen molar-refractivity contribution < 1.29 is 9.53 Å². The molecule has 0 amide bonds. The van der Waals surface area contributed by atoms with E-state index < -0.39 is 8.32 Å². The molecule has 0 bridgehead atoms. The maximum absolute atomic E-state index is 8.94. The van der Waals surface area contributed by atoms with Crippen LogP contribution in [0.3, 0.4) is 0 Å². The molecule has 0 fully saturated rings. The predicted molar refractivity (Wildman–Crippen MR) is 67.8 cm³/mol. The molecule has 1 atom stereocenters. The summed E-state index contributed by atoms with van der Waals surface area (Å²) in [6.45, 7) is 11.1. The Labute approximate surface area is 98.6 Å². The van der Waals surface area contributed by atoms with Gasteiger partial charge in [-0.1, -0.05) is 25.9 Å². The van der Waals surface area contributed by atoms with Crippen LogP contribution in [-0.4, -0.2) is 32.7 Å². The Kier molecular flexibility index (Phi) is 6.03. The van der Waals surface area contributed by atoms with E-state index >= 15 is 0 Å². The maximum atomic E-state index is 8.94. The van der Waals surface area contributed by atoms with Crippen LogP contribution in [0, 0.1) is 0 Å². The Balaban J connectivity index is 4.54. The highest BCUT2D eigenvalue weighted by Crippen LogP contribution is 2.37. The van der Waals surface area contributed by atoms with Crippen LogP contribution in [0.15, 0.2) is 5.11 Å². The minimum Gasteiger partial charge on any atom is -0.414 e. The minimum absolute atomic E-state index is 0.0558. The number of hydrogen-bond donors (Lipinski definition) is 1. The summed E-state index contributed by atoms with van der Waals surface area (Å²) in [6, 6.07) is 0. The molecule has 0 aliphatic carbocycles. The lowest BCUT2D eigenvalue weighted by Gasteiger charge is -2.39. The zero-order valence-electron chi connectivity index (χ0n) is 10.9. The van der Waals surface area contributed by atoms with Crippen molar-refractivity contribution in [3.8, 4) is 0 Å². The van der Waals surface area contributed by atoms with Crippen LogP contribution in [0.1, 0.15) is 27.2 Å². The van der Waals surface area contributed by atoms with Gasteiger partial charge in [0.1, 0.15) is 0 Å². The second-order valence-corrected chi connectivity index (χ2v) is 10.2.